The van der Waals surface area contributed by atoms with E-state index < -0.39 is 17.2 Å². The van der Waals surface area contributed by atoms with Crippen molar-refractivity contribution in [3.05, 3.63) is 43.7 Å². The number of carbonyl (C=O) groups is 1. The minimum absolute atomic E-state index is 0.0563. The van der Waals surface area contributed by atoms with Crippen LogP contribution in [0.2, 0.25) is 0 Å². The van der Waals surface area contributed by atoms with Crippen molar-refractivity contribution in [3.8, 4) is 0 Å². The summed E-state index contributed by atoms with van der Waals surface area (Å²) in [5.41, 5.74) is -0.778. The maximum absolute atomic E-state index is 13.5. The van der Waals surface area contributed by atoms with Crippen LogP contribution in [-0.2, 0) is 25.0 Å². The number of nitrogens with zero attached hydrogens (tertiary/aromatic N) is 5. The molecule has 0 aromatic carbocycles. The average Bonchev–Trinajstić information content (AvgIpc) is 3.37. The molecule has 3 aromatic heterocycles. The van der Waals surface area contributed by atoms with Gasteiger partial charge in [0.05, 0.1) is 37.8 Å². The monoisotopic (exact) mass is 481 g/mol. The molecule has 32 heavy (non-hydrogen) atoms. The van der Waals surface area contributed by atoms with Crippen molar-refractivity contribution in [1.82, 2.24) is 23.7 Å². The SMILES string of the molecule is CON(CCO)C(=O)c1c(Cn2ccnc2SC)sc2c1c(=O)n(C)c(=O)n2CC(C)C. The zero-order chi connectivity index (χ0) is 23.6. The Hall–Kier alpha value is -2.41. The number of hydroxylamine groups is 2. The molecule has 0 radical (unpaired) electrons. The molecule has 0 aliphatic heterocycles. The van der Waals surface area contributed by atoms with Gasteiger partial charge >= 0.3 is 5.69 Å². The van der Waals surface area contributed by atoms with Crippen molar-refractivity contribution in [1.29, 1.82) is 0 Å². The van der Waals surface area contributed by atoms with Crippen LogP contribution in [0.4, 0.5) is 0 Å². The molecule has 3 heterocycles. The minimum Gasteiger partial charge on any atom is -0.394 e. The highest BCUT2D eigenvalue weighted by Crippen LogP contribution is 2.31. The number of aromatic nitrogens is 4. The van der Waals surface area contributed by atoms with Gasteiger partial charge in [-0.25, -0.2) is 14.8 Å². The third-order valence-corrected chi connectivity index (χ3v) is 6.83. The summed E-state index contributed by atoms with van der Waals surface area (Å²) in [7, 11) is 2.74. The molecule has 12 heteroatoms. The lowest BCUT2D eigenvalue weighted by Gasteiger charge is -2.19. The predicted molar refractivity (Wildman–Crippen MR) is 124 cm³/mol. The molecule has 0 saturated carbocycles. The summed E-state index contributed by atoms with van der Waals surface area (Å²) < 4.78 is 4.47. The summed E-state index contributed by atoms with van der Waals surface area (Å²) in [5, 5.41) is 11.3. The zero-order valence-electron chi connectivity index (χ0n) is 18.7. The number of thioether (sulfide) groups is 1. The molecule has 0 unspecified atom stereocenters. The van der Waals surface area contributed by atoms with E-state index in [1.807, 2.05) is 24.7 Å². The number of rotatable bonds is 9. The highest BCUT2D eigenvalue weighted by Gasteiger charge is 2.29. The van der Waals surface area contributed by atoms with E-state index in [2.05, 4.69) is 4.98 Å². The number of hydrogen-bond donors (Lipinski definition) is 1. The van der Waals surface area contributed by atoms with Crippen LogP contribution in [0.25, 0.3) is 10.2 Å². The lowest BCUT2D eigenvalue weighted by Crippen LogP contribution is -2.39. The molecule has 0 fully saturated rings. The Morgan fingerprint density at radius 3 is 2.69 bits per heavy atom. The van der Waals surface area contributed by atoms with E-state index in [0.717, 1.165) is 14.8 Å². The van der Waals surface area contributed by atoms with Gasteiger partial charge in [-0.2, -0.15) is 0 Å². The molecule has 3 aromatic rings. The van der Waals surface area contributed by atoms with Gasteiger partial charge in [-0.05, 0) is 12.2 Å². The van der Waals surface area contributed by atoms with Gasteiger partial charge in [0.1, 0.15) is 4.83 Å². The number of carbonyl (C=O) groups excluding carboxylic acids is 1. The second kappa shape index (κ2) is 10.0. The van der Waals surface area contributed by atoms with Crippen LogP contribution >= 0.6 is 23.1 Å². The summed E-state index contributed by atoms with van der Waals surface area (Å²) >= 11 is 2.71. The van der Waals surface area contributed by atoms with Crippen molar-refractivity contribution in [2.24, 2.45) is 13.0 Å². The normalized spacial score (nSPS) is 11.6. The van der Waals surface area contributed by atoms with E-state index in [4.69, 9.17) is 4.84 Å². The van der Waals surface area contributed by atoms with Crippen LogP contribution in [0.3, 0.4) is 0 Å². The zero-order valence-corrected chi connectivity index (χ0v) is 20.3. The van der Waals surface area contributed by atoms with Gasteiger partial charge in [-0.3, -0.25) is 23.6 Å². The minimum atomic E-state index is -0.541. The standard InChI is InChI=1S/C20H27N5O5S2/c1-12(2)10-24-18-15(16(27)22(3)20(24)29)14(17(28)25(30-4)8-9-26)13(32-18)11-23-7-6-21-19(23)31-5/h6-7,12,26H,8-11H2,1-5H3. The van der Waals surface area contributed by atoms with Crippen molar-refractivity contribution in [3.63, 3.8) is 0 Å². The first kappa shape index (κ1) is 24.2. The molecule has 0 aliphatic carbocycles. The number of amides is 1. The van der Waals surface area contributed by atoms with Crippen LogP contribution in [-0.4, -0.2) is 61.3 Å². The highest BCUT2D eigenvalue weighted by molar-refractivity contribution is 7.98. The van der Waals surface area contributed by atoms with Gasteiger partial charge < -0.3 is 9.67 Å². The maximum atomic E-state index is 13.5. The largest absolute Gasteiger partial charge is 0.394 e. The number of aliphatic hydroxyl groups is 1. The van der Waals surface area contributed by atoms with Crippen molar-refractivity contribution >= 4 is 39.2 Å². The first-order valence-corrected chi connectivity index (χ1v) is 12.1. The molecule has 1 amide bonds. The topological polar surface area (TPSA) is 112 Å². The Labute approximate surface area is 193 Å². The van der Waals surface area contributed by atoms with E-state index in [0.29, 0.717) is 22.8 Å². The fourth-order valence-corrected chi connectivity index (χ4v) is 5.30. The predicted octanol–water partition coefficient (Wildman–Crippen LogP) is 1.38. The first-order chi connectivity index (χ1) is 15.2. The Morgan fingerprint density at radius 2 is 2.09 bits per heavy atom. The lowest BCUT2D eigenvalue weighted by atomic mass is 10.1. The maximum Gasteiger partial charge on any atom is 0.331 e. The summed E-state index contributed by atoms with van der Waals surface area (Å²) in [6.07, 6.45) is 5.37. The molecule has 174 valence electrons. The molecule has 0 atom stereocenters. The number of hydrogen-bond acceptors (Lipinski definition) is 8. The fourth-order valence-electron chi connectivity index (χ4n) is 3.49. The first-order valence-electron chi connectivity index (χ1n) is 10.0. The molecule has 0 saturated heterocycles. The second-order valence-corrected chi connectivity index (χ2v) is 9.44. The Balaban J connectivity index is 2.35. The van der Waals surface area contributed by atoms with E-state index in [1.54, 1.807) is 17.0 Å². The third-order valence-electron chi connectivity index (χ3n) is 4.93. The van der Waals surface area contributed by atoms with Gasteiger partial charge in [0, 0.05) is 30.9 Å². The molecule has 10 nitrogen and oxygen atoms in total. The van der Waals surface area contributed by atoms with Crippen LogP contribution in [0.1, 0.15) is 29.1 Å². The summed E-state index contributed by atoms with van der Waals surface area (Å²) in [4.78, 5) is 50.1. The number of fused-ring (bicyclic) bond motifs is 1. The van der Waals surface area contributed by atoms with E-state index in [9.17, 15) is 19.5 Å². The molecular weight excluding hydrogens is 454 g/mol. The fraction of sp³-hybridized carbons (Fsp3) is 0.500. The number of imidazole rings is 1. The van der Waals surface area contributed by atoms with Crippen molar-refractivity contribution < 1.29 is 14.7 Å². The van der Waals surface area contributed by atoms with Crippen LogP contribution in [0.15, 0.2) is 27.1 Å². The van der Waals surface area contributed by atoms with E-state index in [-0.39, 0.29) is 30.0 Å². The van der Waals surface area contributed by atoms with Crippen molar-refractivity contribution in [2.45, 2.75) is 32.1 Å². The summed E-state index contributed by atoms with van der Waals surface area (Å²) in [6, 6.07) is 0. The van der Waals surface area contributed by atoms with Crippen LogP contribution in [0.5, 0.6) is 0 Å². The average molecular weight is 482 g/mol. The van der Waals surface area contributed by atoms with Gasteiger partial charge in [0.25, 0.3) is 11.5 Å². The van der Waals surface area contributed by atoms with Crippen LogP contribution in [0, 0.1) is 5.92 Å². The number of aliphatic hydroxyl groups excluding tert-OH is 1. The van der Waals surface area contributed by atoms with Gasteiger partial charge in [0.2, 0.25) is 0 Å². The second-order valence-electron chi connectivity index (χ2n) is 7.59. The molecule has 0 aliphatic rings. The van der Waals surface area contributed by atoms with E-state index >= 15 is 0 Å². The Bertz CT molecular complexity index is 1240. The van der Waals surface area contributed by atoms with Gasteiger partial charge in [-0.15, -0.1) is 11.3 Å². The summed E-state index contributed by atoms with van der Waals surface area (Å²) in [5.74, 6) is -0.389. The van der Waals surface area contributed by atoms with Crippen LogP contribution < -0.4 is 11.2 Å². The Kier molecular flexibility index (Phi) is 7.59. The quantitative estimate of drug-likeness (QED) is 0.363. The smallest absolute Gasteiger partial charge is 0.331 e. The highest BCUT2D eigenvalue weighted by atomic mass is 32.2. The molecule has 1 N–H and O–H groups in total. The van der Waals surface area contributed by atoms with Gasteiger partial charge in [0.15, 0.2) is 5.16 Å². The molecule has 0 spiro atoms. The molecule has 0 bridgehead atoms. The lowest BCUT2D eigenvalue weighted by molar-refractivity contribution is -0.101. The van der Waals surface area contributed by atoms with E-state index in [1.165, 1.54) is 37.3 Å². The molecular formula is C20H27N5O5S2. The third kappa shape index (κ3) is 4.40. The summed E-state index contributed by atoms with van der Waals surface area (Å²) in [6.45, 7) is 4.31. The Morgan fingerprint density at radius 1 is 1.38 bits per heavy atom. The van der Waals surface area contributed by atoms with Crippen molar-refractivity contribution in [2.75, 3.05) is 26.5 Å². The number of thiophene rings is 1. The van der Waals surface area contributed by atoms with Gasteiger partial charge in [-0.1, -0.05) is 25.6 Å². The molecule has 3 rings (SSSR count).